The molecule has 0 saturated carbocycles. The van der Waals surface area contributed by atoms with Gasteiger partial charge in [0.1, 0.15) is 5.54 Å². The third kappa shape index (κ3) is 4.35. The first-order valence-electron chi connectivity index (χ1n) is 10.4. The lowest BCUT2D eigenvalue weighted by atomic mass is 9.93. The van der Waals surface area contributed by atoms with Crippen molar-refractivity contribution in [2.24, 2.45) is 0 Å². The Morgan fingerprint density at radius 3 is 2.38 bits per heavy atom. The van der Waals surface area contributed by atoms with E-state index < -0.39 is 40.8 Å². The molecule has 180 valence electrons. The van der Waals surface area contributed by atoms with Gasteiger partial charge in [-0.3, -0.25) is 14.2 Å². The number of nitrogens with zero attached hydrogens (tertiary/aromatic N) is 1. The normalized spacial score (nSPS) is 14.0. The molecular formula is C24H23Cl2FN2O5. The first-order chi connectivity index (χ1) is 15.8. The highest BCUT2D eigenvalue weighted by Gasteiger charge is 2.36. The number of carboxylic acids is 1. The number of amides is 1. The number of nitrogens with one attached hydrogen (secondary N) is 1. The largest absolute Gasteiger partial charge is 0.505 e. The summed E-state index contributed by atoms with van der Waals surface area (Å²) in [5, 5.41) is 22.8. The van der Waals surface area contributed by atoms with Crippen LogP contribution in [0.2, 0.25) is 10.0 Å². The number of rotatable bonds is 6. The number of carboxylic acid groups (broad SMARTS) is 1. The van der Waals surface area contributed by atoms with Gasteiger partial charge >= 0.3 is 5.97 Å². The Labute approximate surface area is 205 Å². The van der Waals surface area contributed by atoms with Crippen molar-refractivity contribution in [3.05, 3.63) is 63.0 Å². The van der Waals surface area contributed by atoms with Gasteiger partial charge in [0, 0.05) is 22.7 Å². The Kier molecular flexibility index (Phi) is 6.96. The minimum Gasteiger partial charge on any atom is -0.505 e. The maximum atomic E-state index is 14.3. The second-order valence-electron chi connectivity index (χ2n) is 8.29. The van der Waals surface area contributed by atoms with E-state index in [-0.39, 0.29) is 32.9 Å². The summed E-state index contributed by atoms with van der Waals surface area (Å²) in [6, 6.07) is 6.46. The molecule has 2 aromatic carbocycles. The Hall–Kier alpha value is -3.10. The zero-order valence-electron chi connectivity index (χ0n) is 18.9. The molecule has 0 bridgehead atoms. The predicted octanol–water partition coefficient (Wildman–Crippen LogP) is 5.26. The molecule has 1 amide bonds. The Balaban J connectivity index is 2.20. The molecule has 7 nitrogen and oxygen atoms in total. The zero-order chi connectivity index (χ0) is 25.5. The lowest BCUT2D eigenvalue weighted by molar-refractivity contribution is -0.147. The van der Waals surface area contributed by atoms with E-state index in [4.69, 9.17) is 23.2 Å². The zero-order valence-corrected chi connectivity index (χ0v) is 20.4. The molecule has 10 heteroatoms. The molecule has 0 radical (unpaired) electrons. The van der Waals surface area contributed by atoms with Crippen LogP contribution in [-0.4, -0.2) is 38.1 Å². The van der Waals surface area contributed by atoms with Gasteiger partial charge in [-0.15, -0.1) is 0 Å². The highest BCUT2D eigenvalue weighted by molar-refractivity contribution is 6.42. The fourth-order valence-electron chi connectivity index (χ4n) is 3.82. The maximum Gasteiger partial charge on any atom is 0.329 e. The number of phenolic OH excluding ortho intramolecular Hbond substituents is 1. The van der Waals surface area contributed by atoms with Gasteiger partial charge in [-0.25, -0.2) is 9.18 Å². The van der Waals surface area contributed by atoms with Gasteiger partial charge in [0.05, 0.1) is 21.5 Å². The van der Waals surface area contributed by atoms with E-state index in [9.17, 15) is 29.0 Å². The molecule has 3 rings (SSSR count). The fraction of sp³-hybridized carbons (Fsp3) is 0.292. The predicted molar refractivity (Wildman–Crippen MR) is 127 cm³/mol. The third-order valence-corrected chi connectivity index (χ3v) is 6.83. The van der Waals surface area contributed by atoms with Crippen LogP contribution in [0.5, 0.6) is 5.75 Å². The lowest BCUT2D eigenvalue weighted by Gasteiger charge is -2.26. The van der Waals surface area contributed by atoms with E-state index in [2.05, 4.69) is 5.32 Å². The van der Waals surface area contributed by atoms with Crippen LogP contribution < -0.4 is 5.32 Å². The van der Waals surface area contributed by atoms with Crippen LogP contribution in [0.4, 0.5) is 4.39 Å². The van der Waals surface area contributed by atoms with Gasteiger partial charge in [-0.05, 0) is 57.0 Å². The number of hydrogen-bond donors (Lipinski definition) is 3. The van der Waals surface area contributed by atoms with Crippen LogP contribution in [0, 0.1) is 12.7 Å². The highest BCUT2D eigenvalue weighted by Crippen LogP contribution is 2.36. The summed E-state index contributed by atoms with van der Waals surface area (Å²) in [6.45, 7) is 6.15. The van der Waals surface area contributed by atoms with E-state index >= 15 is 0 Å². The lowest BCUT2D eigenvalue weighted by Crippen LogP contribution is -2.52. The maximum absolute atomic E-state index is 14.3. The van der Waals surface area contributed by atoms with Crippen LogP contribution in [0.15, 0.2) is 30.3 Å². The molecule has 34 heavy (non-hydrogen) atoms. The summed E-state index contributed by atoms with van der Waals surface area (Å²) in [7, 11) is 0. The van der Waals surface area contributed by atoms with Crippen molar-refractivity contribution < 1.29 is 29.0 Å². The number of carbonyl (C=O) groups excluding carboxylic acids is 2. The molecular weight excluding hydrogens is 486 g/mol. The summed E-state index contributed by atoms with van der Waals surface area (Å²) in [4.78, 5) is 38.1. The quantitative estimate of drug-likeness (QED) is 0.420. The van der Waals surface area contributed by atoms with Crippen molar-refractivity contribution in [2.45, 2.75) is 45.6 Å². The molecule has 3 N–H and O–H groups in total. The number of aliphatic carboxylic acids is 1. The second-order valence-corrected chi connectivity index (χ2v) is 9.11. The molecule has 1 aromatic heterocycles. The summed E-state index contributed by atoms with van der Waals surface area (Å²) >= 11 is 12.0. The van der Waals surface area contributed by atoms with Crippen molar-refractivity contribution in [2.75, 3.05) is 0 Å². The highest BCUT2D eigenvalue weighted by atomic mass is 35.5. The topological polar surface area (TPSA) is 109 Å². The van der Waals surface area contributed by atoms with E-state index in [0.717, 1.165) is 12.1 Å². The van der Waals surface area contributed by atoms with E-state index in [0.29, 0.717) is 11.3 Å². The summed E-state index contributed by atoms with van der Waals surface area (Å²) in [5.41, 5.74) is -0.514. The van der Waals surface area contributed by atoms with E-state index in [1.54, 1.807) is 20.8 Å². The average molecular weight is 509 g/mol. The smallest absolute Gasteiger partial charge is 0.329 e. The number of carbonyl (C=O) groups is 3. The average Bonchev–Trinajstić information content (AvgIpc) is 3.05. The molecule has 0 aliphatic heterocycles. The number of benzene rings is 2. The second kappa shape index (κ2) is 9.27. The van der Waals surface area contributed by atoms with Crippen molar-refractivity contribution in [3.8, 4) is 5.75 Å². The molecule has 0 aliphatic carbocycles. The molecule has 3 aromatic rings. The van der Waals surface area contributed by atoms with Crippen molar-refractivity contribution >= 4 is 51.9 Å². The van der Waals surface area contributed by atoms with Crippen molar-refractivity contribution in [3.63, 3.8) is 0 Å². The molecule has 0 aliphatic rings. The van der Waals surface area contributed by atoms with E-state index in [1.807, 2.05) is 0 Å². The van der Waals surface area contributed by atoms with Crippen LogP contribution in [-0.2, 0) is 9.59 Å². The van der Waals surface area contributed by atoms with Crippen molar-refractivity contribution in [1.82, 2.24) is 9.88 Å². The first-order valence-corrected chi connectivity index (χ1v) is 11.2. The van der Waals surface area contributed by atoms with Gasteiger partial charge in [0.25, 0.3) is 5.91 Å². The monoisotopic (exact) mass is 508 g/mol. The van der Waals surface area contributed by atoms with Crippen LogP contribution in [0.25, 0.3) is 10.9 Å². The number of aromatic hydroxyl groups is 1. The Morgan fingerprint density at radius 1 is 1.18 bits per heavy atom. The summed E-state index contributed by atoms with van der Waals surface area (Å²) < 4.78 is 15.5. The SMILES string of the molecule is CCC(C)(NC(=O)C(C)c1c(C)n(C(=O)c2ccc(Cl)c(Cl)c2)c2cc(F)c(O)cc12)C(=O)O. The number of fused-ring (bicyclic) bond motifs is 1. The van der Waals surface area contributed by atoms with Gasteiger partial charge in [0.2, 0.25) is 5.91 Å². The summed E-state index contributed by atoms with van der Waals surface area (Å²) in [5.74, 6) is -4.86. The van der Waals surface area contributed by atoms with Crippen LogP contribution >= 0.6 is 23.2 Å². The Morgan fingerprint density at radius 2 is 1.82 bits per heavy atom. The molecule has 0 spiro atoms. The number of aromatic nitrogens is 1. The third-order valence-electron chi connectivity index (χ3n) is 6.10. The standard InChI is InChI=1S/C24H23Cl2FN2O5/c1-5-24(4,23(33)34)28-21(31)11(2)20-12(3)29(18-10-17(27)19(30)9-14(18)20)22(32)13-6-7-15(25)16(26)8-13/h6-11,30H,5H2,1-4H3,(H,28,31)(H,33,34). The summed E-state index contributed by atoms with van der Waals surface area (Å²) in [6.07, 6.45) is 0.142. The van der Waals surface area contributed by atoms with Crippen LogP contribution in [0.3, 0.4) is 0 Å². The Bertz CT molecular complexity index is 1340. The van der Waals surface area contributed by atoms with Gasteiger partial charge in [-0.1, -0.05) is 30.1 Å². The van der Waals surface area contributed by atoms with Gasteiger partial charge in [0.15, 0.2) is 11.6 Å². The molecule has 0 fully saturated rings. The minimum absolute atomic E-state index is 0.134. The molecule has 1 heterocycles. The molecule has 0 saturated heterocycles. The van der Waals surface area contributed by atoms with Crippen LogP contribution in [0.1, 0.15) is 54.7 Å². The van der Waals surface area contributed by atoms with Crippen molar-refractivity contribution in [1.29, 1.82) is 0 Å². The van der Waals surface area contributed by atoms with Gasteiger partial charge in [-0.2, -0.15) is 0 Å². The molecule has 2 unspecified atom stereocenters. The van der Waals surface area contributed by atoms with Gasteiger partial charge < -0.3 is 15.5 Å². The number of halogens is 3. The number of hydrogen-bond acceptors (Lipinski definition) is 4. The molecule has 2 atom stereocenters. The van der Waals surface area contributed by atoms with E-state index in [1.165, 1.54) is 29.7 Å². The first kappa shape index (κ1) is 25.5. The minimum atomic E-state index is -1.50. The number of phenols is 1. The fourth-order valence-corrected chi connectivity index (χ4v) is 4.12.